The molecule has 1 fully saturated rings. The fourth-order valence-corrected chi connectivity index (χ4v) is 2.14. The summed E-state index contributed by atoms with van der Waals surface area (Å²) < 4.78 is 9.69. The van der Waals surface area contributed by atoms with Crippen molar-refractivity contribution >= 4 is 11.8 Å². The van der Waals surface area contributed by atoms with Crippen molar-refractivity contribution in [3.8, 4) is 0 Å². The quantitative estimate of drug-likeness (QED) is 0.835. The normalized spacial score (nSPS) is 17.4. The molecule has 0 unspecified atom stereocenters. The minimum Gasteiger partial charge on any atom is -0.375 e. The number of methoxy groups -OCH3 is 1. The number of nitrogen functional groups attached to an aromatic ring is 1. The van der Waals surface area contributed by atoms with Gasteiger partial charge in [0, 0.05) is 32.2 Å². The van der Waals surface area contributed by atoms with Crippen LogP contribution in [0.2, 0.25) is 0 Å². The zero-order valence-electron chi connectivity index (χ0n) is 9.89. The van der Waals surface area contributed by atoms with Crippen LogP contribution < -0.4 is 5.73 Å². The van der Waals surface area contributed by atoms with Crippen LogP contribution in [-0.4, -0.2) is 42.8 Å². The van der Waals surface area contributed by atoms with Crippen molar-refractivity contribution in [1.82, 2.24) is 10.1 Å². The molecule has 94 valence electrons. The van der Waals surface area contributed by atoms with E-state index >= 15 is 0 Å². The zero-order chi connectivity index (χ0) is 12.3. The summed E-state index contributed by atoms with van der Waals surface area (Å²) in [5, 5.41) is 3.92. The predicted octanol–water partition coefficient (Wildman–Crippen LogP) is 0.609. The van der Waals surface area contributed by atoms with Crippen LogP contribution in [0.5, 0.6) is 0 Å². The lowest BCUT2D eigenvalue weighted by Crippen LogP contribution is -2.39. The van der Waals surface area contributed by atoms with Gasteiger partial charge in [-0.05, 0) is 12.8 Å². The van der Waals surface area contributed by atoms with Crippen molar-refractivity contribution in [2.75, 3.05) is 32.5 Å². The Balaban J connectivity index is 1.88. The first kappa shape index (κ1) is 11.9. The summed E-state index contributed by atoms with van der Waals surface area (Å²) in [4.78, 5) is 13.4. The van der Waals surface area contributed by atoms with Crippen molar-refractivity contribution in [1.29, 1.82) is 0 Å². The van der Waals surface area contributed by atoms with E-state index < -0.39 is 0 Å². The molecule has 6 heteroatoms. The second kappa shape index (κ2) is 5.18. The molecule has 0 aliphatic carbocycles. The van der Waals surface area contributed by atoms with Crippen molar-refractivity contribution in [2.24, 2.45) is 0 Å². The maximum atomic E-state index is 11.6. The van der Waals surface area contributed by atoms with Crippen LogP contribution in [0, 0.1) is 0 Å². The van der Waals surface area contributed by atoms with Gasteiger partial charge in [0.2, 0.25) is 11.8 Å². The van der Waals surface area contributed by atoms with Gasteiger partial charge in [0.05, 0.1) is 5.69 Å². The lowest BCUT2D eigenvalue weighted by molar-refractivity contribution is -0.136. The number of nitrogens with zero attached hydrogens (tertiary/aromatic N) is 2. The number of carbonyl (C=O) groups excluding carboxylic acids is 1. The van der Waals surface area contributed by atoms with Crippen molar-refractivity contribution in [2.45, 2.75) is 18.8 Å². The summed E-state index contributed by atoms with van der Waals surface area (Å²) in [5.41, 5.74) is 6.38. The second-order valence-electron chi connectivity index (χ2n) is 4.24. The van der Waals surface area contributed by atoms with E-state index in [0.29, 0.717) is 11.8 Å². The van der Waals surface area contributed by atoms with Gasteiger partial charge < -0.3 is 19.9 Å². The first-order valence-electron chi connectivity index (χ1n) is 5.69. The zero-order valence-corrected chi connectivity index (χ0v) is 9.89. The fraction of sp³-hybridized carbons (Fsp3) is 0.636. The first-order valence-corrected chi connectivity index (χ1v) is 5.69. The lowest BCUT2D eigenvalue weighted by atomic mass is 9.93. The molecule has 1 amide bonds. The topological polar surface area (TPSA) is 81.6 Å². The van der Waals surface area contributed by atoms with E-state index in [0.717, 1.165) is 31.6 Å². The fourth-order valence-electron chi connectivity index (χ4n) is 2.14. The standard InChI is InChI=1S/C11H17N3O3/c1-16-7-11(15)14-4-2-8(3-5-14)9-6-10(12)17-13-9/h6,8H,2-5,7,12H2,1H3. The molecule has 0 bridgehead atoms. The third-order valence-electron chi connectivity index (χ3n) is 3.08. The molecule has 1 aromatic heterocycles. The summed E-state index contributed by atoms with van der Waals surface area (Å²) in [5.74, 6) is 0.728. The number of nitrogens with two attached hydrogens (primary N) is 1. The number of hydrogen-bond acceptors (Lipinski definition) is 5. The minimum absolute atomic E-state index is 0.0469. The van der Waals surface area contributed by atoms with Gasteiger partial charge in [-0.15, -0.1) is 0 Å². The second-order valence-corrected chi connectivity index (χ2v) is 4.24. The number of anilines is 1. The van der Waals surface area contributed by atoms with E-state index in [1.54, 1.807) is 6.07 Å². The Morgan fingerprint density at radius 1 is 1.65 bits per heavy atom. The minimum atomic E-state index is 0.0469. The van der Waals surface area contributed by atoms with E-state index in [-0.39, 0.29) is 12.5 Å². The average Bonchev–Trinajstić information content (AvgIpc) is 2.76. The van der Waals surface area contributed by atoms with E-state index in [2.05, 4.69) is 5.16 Å². The van der Waals surface area contributed by atoms with Crippen LogP contribution in [0.4, 0.5) is 5.88 Å². The number of carbonyl (C=O) groups is 1. The molecule has 1 saturated heterocycles. The highest BCUT2D eigenvalue weighted by Gasteiger charge is 2.25. The summed E-state index contributed by atoms with van der Waals surface area (Å²) >= 11 is 0. The molecule has 0 atom stereocenters. The third kappa shape index (κ3) is 2.76. The average molecular weight is 239 g/mol. The van der Waals surface area contributed by atoms with Gasteiger partial charge in [-0.25, -0.2) is 0 Å². The Hall–Kier alpha value is -1.56. The van der Waals surface area contributed by atoms with Gasteiger partial charge in [-0.3, -0.25) is 4.79 Å². The van der Waals surface area contributed by atoms with E-state index in [1.807, 2.05) is 4.90 Å². The first-order chi connectivity index (χ1) is 8.20. The van der Waals surface area contributed by atoms with Crippen LogP contribution >= 0.6 is 0 Å². The van der Waals surface area contributed by atoms with Gasteiger partial charge in [0.1, 0.15) is 6.61 Å². The SMILES string of the molecule is COCC(=O)N1CCC(c2cc(N)on2)CC1. The summed E-state index contributed by atoms with van der Waals surface area (Å²) in [6, 6.07) is 1.76. The van der Waals surface area contributed by atoms with Crippen LogP contribution in [0.25, 0.3) is 0 Å². The van der Waals surface area contributed by atoms with Gasteiger partial charge in [0.25, 0.3) is 0 Å². The molecular weight excluding hydrogens is 222 g/mol. The highest BCUT2D eigenvalue weighted by Crippen LogP contribution is 2.28. The molecule has 0 aromatic carbocycles. The molecule has 0 spiro atoms. The van der Waals surface area contributed by atoms with Crippen LogP contribution in [0.3, 0.4) is 0 Å². The number of ether oxygens (including phenoxy) is 1. The van der Waals surface area contributed by atoms with E-state index in [9.17, 15) is 4.79 Å². The smallest absolute Gasteiger partial charge is 0.248 e. The molecule has 1 aliphatic heterocycles. The summed E-state index contributed by atoms with van der Waals surface area (Å²) in [7, 11) is 1.53. The van der Waals surface area contributed by atoms with Gasteiger partial charge in [-0.2, -0.15) is 0 Å². The maximum Gasteiger partial charge on any atom is 0.248 e. The molecule has 1 aliphatic rings. The number of aromatic nitrogens is 1. The molecule has 2 heterocycles. The van der Waals surface area contributed by atoms with E-state index in [1.165, 1.54) is 7.11 Å². The molecule has 0 radical (unpaired) electrons. The molecule has 0 saturated carbocycles. The van der Waals surface area contributed by atoms with Gasteiger partial charge in [-0.1, -0.05) is 5.16 Å². The molecule has 2 N–H and O–H groups in total. The Kier molecular flexibility index (Phi) is 3.63. The lowest BCUT2D eigenvalue weighted by Gasteiger charge is -2.30. The van der Waals surface area contributed by atoms with Gasteiger partial charge in [0.15, 0.2) is 0 Å². The molecule has 1 aromatic rings. The van der Waals surface area contributed by atoms with Crippen LogP contribution in [0.1, 0.15) is 24.5 Å². The summed E-state index contributed by atoms with van der Waals surface area (Å²) in [6.45, 7) is 1.63. The Bertz CT molecular complexity index is 383. The third-order valence-corrected chi connectivity index (χ3v) is 3.08. The number of amides is 1. The highest BCUT2D eigenvalue weighted by atomic mass is 16.5. The van der Waals surface area contributed by atoms with Crippen molar-refractivity contribution < 1.29 is 14.1 Å². The van der Waals surface area contributed by atoms with Gasteiger partial charge >= 0.3 is 0 Å². The van der Waals surface area contributed by atoms with Crippen molar-refractivity contribution in [3.63, 3.8) is 0 Å². The Labute approximate surface area is 99.7 Å². The molecular formula is C11H17N3O3. The Morgan fingerprint density at radius 2 is 2.35 bits per heavy atom. The predicted molar refractivity (Wildman–Crippen MR) is 61.3 cm³/mol. The number of hydrogen-bond donors (Lipinski definition) is 1. The maximum absolute atomic E-state index is 11.6. The number of rotatable bonds is 3. The highest BCUT2D eigenvalue weighted by molar-refractivity contribution is 5.77. The Morgan fingerprint density at radius 3 is 2.88 bits per heavy atom. The summed E-state index contributed by atoms with van der Waals surface area (Å²) in [6.07, 6.45) is 1.78. The number of piperidine rings is 1. The molecule has 2 rings (SSSR count). The van der Waals surface area contributed by atoms with Crippen LogP contribution in [-0.2, 0) is 9.53 Å². The molecule has 6 nitrogen and oxygen atoms in total. The van der Waals surface area contributed by atoms with Crippen molar-refractivity contribution in [3.05, 3.63) is 11.8 Å². The number of likely N-dealkylation sites (tertiary alicyclic amines) is 1. The largest absolute Gasteiger partial charge is 0.375 e. The van der Waals surface area contributed by atoms with Crippen LogP contribution in [0.15, 0.2) is 10.6 Å². The monoisotopic (exact) mass is 239 g/mol. The molecule has 17 heavy (non-hydrogen) atoms. The van der Waals surface area contributed by atoms with E-state index in [4.69, 9.17) is 15.0 Å².